The van der Waals surface area contributed by atoms with Crippen LogP contribution in [-0.4, -0.2) is 88.1 Å². The lowest BCUT2D eigenvalue weighted by Crippen LogP contribution is -2.47. The number of alkyl halides is 3. The summed E-state index contributed by atoms with van der Waals surface area (Å²) in [5.74, 6) is -1.11. The highest BCUT2D eigenvalue weighted by Gasteiger charge is 2.31. The maximum Gasteiger partial charge on any atom is 0.573 e. The van der Waals surface area contributed by atoms with E-state index in [1.54, 1.807) is 30.1 Å². The van der Waals surface area contributed by atoms with E-state index in [4.69, 9.17) is 4.74 Å². The molecule has 0 spiro atoms. The van der Waals surface area contributed by atoms with Crippen LogP contribution in [-0.2, 0) is 4.74 Å². The summed E-state index contributed by atoms with van der Waals surface area (Å²) >= 11 is 0. The molecule has 0 radical (unpaired) electrons. The molecule has 14 heteroatoms. The van der Waals surface area contributed by atoms with Gasteiger partial charge in [-0.3, -0.25) is 19.7 Å². The van der Waals surface area contributed by atoms with Crippen LogP contribution in [0.25, 0.3) is 16.9 Å². The summed E-state index contributed by atoms with van der Waals surface area (Å²) in [5, 5.41) is 11.3. The van der Waals surface area contributed by atoms with Crippen molar-refractivity contribution in [3.63, 3.8) is 0 Å². The number of nitrogens with one attached hydrogen (secondary N) is 1. The van der Waals surface area contributed by atoms with Crippen molar-refractivity contribution in [2.45, 2.75) is 20.2 Å². The quantitative estimate of drug-likeness (QED) is 0.267. The number of aromatic nitrogens is 5. The second kappa shape index (κ2) is 13.2. The number of benzene rings is 1. The van der Waals surface area contributed by atoms with E-state index in [0.717, 1.165) is 69.3 Å². The van der Waals surface area contributed by atoms with Crippen molar-refractivity contribution in [1.29, 1.82) is 0 Å². The first kappa shape index (κ1) is 29.9. The van der Waals surface area contributed by atoms with Gasteiger partial charge in [0.25, 0.3) is 5.91 Å². The third-order valence-electron chi connectivity index (χ3n) is 6.90. The van der Waals surface area contributed by atoms with Crippen LogP contribution in [0.2, 0.25) is 0 Å². The molecule has 43 heavy (non-hydrogen) atoms. The Morgan fingerprint density at radius 3 is 2.65 bits per heavy atom. The molecule has 1 N–H and O–H groups in total. The van der Waals surface area contributed by atoms with Crippen LogP contribution in [0.4, 0.5) is 24.5 Å². The van der Waals surface area contributed by atoms with Gasteiger partial charge >= 0.3 is 6.36 Å². The normalized spacial score (nSPS) is 14.1. The number of ether oxygens (including phenoxy) is 2. The fourth-order valence-electron chi connectivity index (χ4n) is 4.68. The summed E-state index contributed by atoms with van der Waals surface area (Å²) in [6, 6.07) is 8.52. The maximum absolute atomic E-state index is 12.8. The second-order valence-corrected chi connectivity index (χ2v) is 9.86. The fourth-order valence-corrected chi connectivity index (χ4v) is 4.68. The standard InChI is InChI=1S/C29H31F3N8O3/c1-3-42-12-11-38-7-9-39(10-8-38)24-13-22(16-33-18-24)26-19-40(37-36-26)27-15-23(17-34-20(27)2)35-28(41)21-5-4-6-25(14-21)43-29(30,31)32/h4-6,13-19H,3,7-12H2,1-2H3,(H,35,41). The van der Waals surface area contributed by atoms with E-state index in [1.165, 1.54) is 18.3 Å². The zero-order valence-corrected chi connectivity index (χ0v) is 23.7. The molecular weight excluding hydrogens is 565 g/mol. The van der Waals surface area contributed by atoms with Gasteiger partial charge < -0.3 is 19.7 Å². The molecule has 1 aliphatic rings. The Morgan fingerprint density at radius 1 is 1.07 bits per heavy atom. The average molecular weight is 597 g/mol. The Hall–Kier alpha value is -4.56. The Bertz CT molecular complexity index is 1550. The van der Waals surface area contributed by atoms with Gasteiger partial charge in [-0.15, -0.1) is 18.3 Å². The van der Waals surface area contributed by atoms with Crippen LogP contribution in [0.3, 0.4) is 0 Å². The third kappa shape index (κ3) is 7.84. The molecule has 1 amide bonds. The van der Waals surface area contributed by atoms with Crippen molar-refractivity contribution in [3.8, 4) is 22.7 Å². The van der Waals surface area contributed by atoms with E-state index in [9.17, 15) is 18.0 Å². The Kier molecular flexibility index (Phi) is 9.16. The fraction of sp³-hybridized carbons (Fsp3) is 0.345. The number of pyridine rings is 2. The van der Waals surface area contributed by atoms with Gasteiger partial charge in [0.15, 0.2) is 0 Å². The van der Waals surface area contributed by atoms with Gasteiger partial charge in [-0.25, -0.2) is 4.68 Å². The SMILES string of the molecule is CCOCCN1CCN(c2cncc(-c3cn(-c4cc(NC(=O)c5cccc(OC(F)(F)F)c5)cnc4C)nn3)c2)CC1. The number of hydrogen-bond donors (Lipinski definition) is 1. The first-order valence-electron chi connectivity index (χ1n) is 13.8. The third-order valence-corrected chi connectivity index (χ3v) is 6.90. The van der Waals surface area contributed by atoms with Gasteiger partial charge in [0, 0.05) is 56.7 Å². The maximum atomic E-state index is 12.8. The highest BCUT2D eigenvalue weighted by molar-refractivity contribution is 6.04. The summed E-state index contributed by atoms with van der Waals surface area (Å²) in [4.78, 5) is 26.2. The number of aryl methyl sites for hydroxylation is 1. The summed E-state index contributed by atoms with van der Waals surface area (Å²) in [6.45, 7) is 9.82. The van der Waals surface area contributed by atoms with Crippen LogP contribution in [0.5, 0.6) is 5.75 Å². The molecule has 4 heterocycles. The molecule has 1 fully saturated rings. The minimum absolute atomic E-state index is 0.00813. The van der Waals surface area contributed by atoms with E-state index < -0.39 is 18.0 Å². The molecule has 0 aliphatic carbocycles. The van der Waals surface area contributed by atoms with Crippen molar-refractivity contribution in [3.05, 3.63) is 72.4 Å². The van der Waals surface area contributed by atoms with Gasteiger partial charge in [0.1, 0.15) is 11.4 Å². The molecule has 11 nitrogen and oxygen atoms in total. The molecular formula is C29H31F3N8O3. The summed E-state index contributed by atoms with van der Waals surface area (Å²) < 4.78 is 48.7. The average Bonchev–Trinajstić information content (AvgIpc) is 3.48. The molecule has 0 saturated carbocycles. The minimum Gasteiger partial charge on any atom is -0.406 e. The van der Waals surface area contributed by atoms with Crippen LogP contribution in [0.15, 0.2) is 61.2 Å². The number of hydrogen-bond acceptors (Lipinski definition) is 9. The molecule has 1 saturated heterocycles. The molecule has 5 rings (SSSR count). The largest absolute Gasteiger partial charge is 0.573 e. The van der Waals surface area contributed by atoms with E-state index >= 15 is 0 Å². The lowest BCUT2D eigenvalue weighted by Gasteiger charge is -2.35. The Morgan fingerprint density at radius 2 is 1.88 bits per heavy atom. The zero-order chi connectivity index (χ0) is 30.4. The first-order chi connectivity index (χ1) is 20.7. The molecule has 4 aromatic rings. The number of amides is 1. The van der Waals surface area contributed by atoms with Gasteiger partial charge in [-0.1, -0.05) is 11.3 Å². The predicted octanol–water partition coefficient (Wildman–Crippen LogP) is 4.34. The highest BCUT2D eigenvalue weighted by atomic mass is 19.4. The predicted molar refractivity (Wildman–Crippen MR) is 153 cm³/mol. The number of anilines is 2. The van der Waals surface area contributed by atoms with Crippen molar-refractivity contribution in [1.82, 2.24) is 29.9 Å². The molecule has 0 atom stereocenters. The Balaban J connectivity index is 1.27. The molecule has 3 aromatic heterocycles. The summed E-state index contributed by atoms with van der Waals surface area (Å²) in [7, 11) is 0. The molecule has 0 unspecified atom stereocenters. The van der Waals surface area contributed by atoms with Gasteiger partial charge in [-0.2, -0.15) is 0 Å². The number of carbonyl (C=O) groups excluding carboxylic acids is 1. The van der Waals surface area contributed by atoms with Gasteiger partial charge in [0.2, 0.25) is 0 Å². The summed E-state index contributed by atoms with van der Waals surface area (Å²) in [5.41, 5.74) is 3.93. The zero-order valence-electron chi connectivity index (χ0n) is 23.7. The Labute approximate surface area is 246 Å². The topological polar surface area (TPSA) is 111 Å². The van der Waals surface area contributed by atoms with Crippen LogP contribution in [0, 0.1) is 6.92 Å². The number of rotatable bonds is 10. The van der Waals surface area contributed by atoms with Crippen molar-refractivity contribution in [2.75, 3.05) is 56.2 Å². The minimum atomic E-state index is -4.86. The molecule has 226 valence electrons. The van der Waals surface area contributed by atoms with Crippen LogP contribution < -0.4 is 15.0 Å². The van der Waals surface area contributed by atoms with Gasteiger partial charge in [0.05, 0.1) is 48.0 Å². The highest BCUT2D eigenvalue weighted by Crippen LogP contribution is 2.26. The number of carbonyl (C=O) groups is 1. The van der Waals surface area contributed by atoms with E-state index in [-0.39, 0.29) is 5.56 Å². The van der Waals surface area contributed by atoms with Crippen LogP contribution in [0.1, 0.15) is 23.0 Å². The number of nitrogens with zero attached hydrogens (tertiary/aromatic N) is 7. The lowest BCUT2D eigenvalue weighted by molar-refractivity contribution is -0.274. The molecule has 0 bridgehead atoms. The van der Waals surface area contributed by atoms with E-state index in [0.29, 0.717) is 22.8 Å². The van der Waals surface area contributed by atoms with E-state index in [2.05, 4.69) is 40.1 Å². The monoisotopic (exact) mass is 596 g/mol. The first-order valence-corrected chi connectivity index (χ1v) is 13.8. The van der Waals surface area contributed by atoms with Gasteiger partial charge in [-0.05, 0) is 44.2 Å². The van der Waals surface area contributed by atoms with Crippen molar-refractivity contribution >= 4 is 17.3 Å². The second-order valence-electron chi connectivity index (χ2n) is 9.86. The van der Waals surface area contributed by atoms with Crippen molar-refractivity contribution in [2.24, 2.45) is 0 Å². The molecule has 1 aliphatic heterocycles. The van der Waals surface area contributed by atoms with Crippen molar-refractivity contribution < 1.29 is 27.4 Å². The summed E-state index contributed by atoms with van der Waals surface area (Å²) in [6.07, 6.45) is 1.91. The smallest absolute Gasteiger partial charge is 0.406 e. The van der Waals surface area contributed by atoms with Crippen LogP contribution >= 0.6 is 0 Å². The number of piperazine rings is 1. The number of halogens is 3. The van der Waals surface area contributed by atoms with E-state index in [1.807, 2.05) is 19.2 Å². The molecule has 1 aromatic carbocycles. The lowest BCUT2D eigenvalue weighted by atomic mass is 10.2.